The predicted molar refractivity (Wildman–Crippen MR) is 90.6 cm³/mol. The molecule has 0 saturated carbocycles. The first-order chi connectivity index (χ1) is 10.6. The summed E-state index contributed by atoms with van der Waals surface area (Å²) in [5.41, 5.74) is 3.60. The zero-order valence-corrected chi connectivity index (χ0v) is 13.0. The van der Waals surface area contributed by atoms with E-state index in [1.165, 1.54) is 5.69 Å². The highest BCUT2D eigenvalue weighted by molar-refractivity contribution is 5.73. The highest BCUT2D eigenvalue weighted by Crippen LogP contribution is 2.23. The van der Waals surface area contributed by atoms with Crippen molar-refractivity contribution < 1.29 is 0 Å². The summed E-state index contributed by atoms with van der Waals surface area (Å²) >= 11 is 0. The van der Waals surface area contributed by atoms with Crippen molar-refractivity contribution in [2.45, 2.75) is 19.9 Å². The van der Waals surface area contributed by atoms with Gasteiger partial charge in [0.1, 0.15) is 11.3 Å². The summed E-state index contributed by atoms with van der Waals surface area (Å²) < 4.78 is 0. The zero-order valence-electron chi connectivity index (χ0n) is 13.0. The van der Waals surface area contributed by atoms with E-state index in [-0.39, 0.29) is 0 Å². The summed E-state index contributed by atoms with van der Waals surface area (Å²) in [5, 5.41) is 3.32. The molecule has 0 spiro atoms. The van der Waals surface area contributed by atoms with E-state index < -0.39 is 0 Å². The molecule has 2 aromatic heterocycles. The van der Waals surface area contributed by atoms with Crippen LogP contribution < -0.4 is 10.2 Å². The van der Waals surface area contributed by atoms with Crippen LogP contribution >= 0.6 is 0 Å². The fraction of sp³-hybridized carbons (Fsp3) is 0.235. The largest absolute Gasteiger partial charge is 0.372 e. The van der Waals surface area contributed by atoms with Crippen LogP contribution in [-0.2, 0) is 0 Å². The SMILES string of the molecule is CC(C)N(C)c1cccc(Nc2ccc3nccnc3n2)c1. The summed E-state index contributed by atoms with van der Waals surface area (Å²) in [6, 6.07) is 12.6. The van der Waals surface area contributed by atoms with Crippen molar-refractivity contribution >= 4 is 28.4 Å². The van der Waals surface area contributed by atoms with E-state index in [1.54, 1.807) is 12.4 Å². The molecule has 0 aliphatic carbocycles. The van der Waals surface area contributed by atoms with E-state index in [4.69, 9.17) is 0 Å². The van der Waals surface area contributed by atoms with Gasteiger partial charge in [-0.25, -0.2) is 9.97 Å². The predicted octanol–water partition coefficient (Wildman–Crippen LogP) is 3.61. The second-order valence-corrected chi connectivity index (χ2v) is 5.48. The van der Waals surface area contributed by atoms with E-state index >= 15 is 0 Å². The second kappa shape index (κ2) is 5.97. The van der Waals surface area contributed by atoms with Gasteiger partial charge in [-0.05, 0) is 44.2 Å². The van der Waals surface area contributed by atoms with E-state index in [1.807, 2.05) is 24.3 Å². The van der Waals surface area contributed by atoms with Gasteiger partial charge in [-0.15, -0.1) is 0 Å². The molecular weight excluding hydrogens is 274 g/mol. The van der Waals surface area contributed by atoms with Crippen molar-refractivity contribution in [1.82, 2.24) is 15.0 Å². The maximum atomic E-state index is 4.48. The quantitative estimate of drug-likeness (QED) is 0.796. The summed E-state index contributed by atoms with van der Waals surface area (Å²) in [7, 11) is 2.09. The Morgan fingerprint density at radius 2 is 1.86 bits per heavy atom. The van der Waals surface area contributed by atoms with Gasteiger partial charge in [-0.1, -0.05) is 6.07 Å². The molecule has 112 valence electrons. The lowest BCUT2D eigenvalue weighted by Gasteiger charge is -2.24. The van der Waals surface area contributed by atoms with Gasteiger partial charge in [-0.2, -0.15) is 0 Å². The van der Waals surface area contributed by atoms with Gasteiger partial charge in [0, 0.05) is 36.9 Å². The number of rotatable bonds is 4. The molecule has 2 heterocycles. The average Bonchev–Trinajstić information content (AvgIpc) is 2.54. The topological polar surface area (TPSA) is 53.9 Å². The first kappa shape index (κ1) is 14.3. The molecular formula is C17H19N5. The van der Waals surface area contributed by atoms with Crippen LogP contribution in [0.5, 0.6) is 0 Å². The fourth-order valence-electron chi connectivity index (χ4n) is 2.17. The van der Waals surface area contributed by atoms with Crippen molar-refractivity contribution in [2.24, 2.45) is 0 Å². The average molecular weight is 293 g/mol. The second-order valence-electron chi connectivity index (χ2n) is 5.48. The summed E-state index contributed by atoms with van der Waals surface area (Å²) in [6.45, 7) is 4.34. The summed E-state index contributed by atoms with van der Waals surface area (Å²) in [5.74, 6) is 0.761. The molecule has 5 heteroatoms. The molecule has 22 heavy (non-hydrogen) atoms. The minimum absolute atomic E-state index is 0.448. The van der Waals surface area contributed by atoms with Crippen LogP contribution in [-0.4, -0.2) is 28.0 Å². The van der Waals surface area contributed by atoms with Gasteiger partial charge in [0.25, 0.3) is 0 Å². The maximum absolute atomic E-state index is 4.48. The van der Waals surface area contributed by atoms with Crippen molar-refractivity contribution in [3.05, 3.63) is 48.8 Å². The number of hydrogen-bond donors (Lipinski definition) is 1. The van der Waals surface area contributed by atoms with Crippen LogP contribution in [0.4, 0.5) is 17.2 Å². The molecule has 0 amide bonds. The number of nitrogens with zero attached hydrogens (tertiary/aromatic N) is 4. The smallest absolute Gasteiger partial charge is 0.180 e. The monoisotopic (exact) mass is 293 g/mol. The van der Waals surface area contributed by atoms with Crippen molar-refractivity contribution in [2.75, 3.05) is 17.3 Å². The van der Waals surface area contributed by atoms with E-state index in [9.17, 15) is 0 Å². The van der Waals surface area contributed by atoms with Crippen molar-refractivity contribution in [3.63, 3.8) is 0 Å². The number of benzene rings is 1. The minimum atomic E-state index is 0.448. The number of pyridine rings is 1. The third-order valence-corrected chi connectivity index (χ3v) is 3.63. The Kier molecular flexibility index (Phi) is 3.87. The molecule has 0 unspecified atom stereocenters. The van der Waals surface area contributed by atoms with Crippen LogP contribution in [0.15, 0.2) is 48.8 Å². The highest BCUT2D eigenvalue weighted by Gasteiger charge is 2.06. The third kappa shape index (κ3) is 2.98. The van der Waals surface area contributed by atoms with Crippen LogP contribution in [0.3, 0.4) is 0 Å². The van der Waals surface area contributed by atoms with E-state index in [0.717, 1.165) is 17.0 Å². The lowest BCUT2D eigenvalue weighted by atomic mass is 10.2. The molecule has 1 N–H and O–H groups in total. The molecule has 5 nitrogen and oxygen atoms in total. The minimum Gasteiger partial charge on any atom is -0.372 e. The number of hydrogen-bond acceptors (Lipinski definition) is 5. The Morgan fingerprint density at radius 3 is 2.68 bits per heavy atom. The summed E-state index contributed by atoms with van der Waals surface area (Å²) in [6.07, 6.45) is 3.32. The lowest BCUT2D eigenvalue weighted by molar-refractivity contribution is 0.755. The maximum Gasteiger partial charge on any atom is 0.180 e. The zero-order chi connectivity index (χ0) is 15.5. The van der Waals surface area contributed by atoms with Gasteiger partial charge >= 0.3 is 0 Å². The van der Waals surface area contributed by atoms with Crippen molar-refractivity contribution in [3.8, 4) is 0 Å². The van der Waals surface area contributed by atoms with Crippen LogP contribution in [0.1, 0.15) is 13.8 Å². The number of aromatic nitrogens is 3. The molecule has 1 aromatic carbocycles. The molecule has 0 atom stereocenters. The van der Waals surface area contributed by atoms with Gasteiger partial charge in [0.05, 0.1) is 0 Å². The standard InChI is InChI=1S/C17H19N5/c1-12(2)22(3)14-6-4-5-13(11-14)20-16-8-7-15-17(21-16)19-10-9-18-15/h4-12H,1-3H3,(H,19,20,21). The van der Waals surface area contributed by atoms with Gasteiger partial charge in [0.2, 0.25) is 0 Å². The molecule has 0 bridgehead atoms. The molecule has 0 radical (unpaired) electrons. The molecule has 3 rings (SSSR count). The number of anilines is 3. The Bertz CT molecular complexity index is 785. The van der Waals surface area contributed by atoms with Crippen LogP contribution in [0.2, 0.25) is 0 Å². The van der Waals surface area contributed by atoms with E-state index in [0.29, 0.717) is 11.7 Å². The Hall–Kier alpha value is -2.69. The molecule has 3 aromatic rings. The van der Waals surface area contributed by atoms with Crippen LogP contribution in [0, 0.1) is 0 Å². The number of fused-ring (bicyclic) bond motifs is 1. The first-order valence-electron chi connectivity index (χ1n) is 7.31. The fourth-order valence-corrected chi connectivity index (χ4v) is 2.17. The Labute approximate surface area is 130 Å². The third-order valence-electron chi connectivity index (χ3n) is 3.63. The number of nitrogens with one attached hydrogen (secondary N) is 1. The van der Waals surface area contributed by atoms with Gasteiger partial charge < -0.3 is 10.2 Å². The van der Waals surface area contributed by atoms with Gasteiger partial charge in [-0.3, -0.25) is 4.98 Å². The molecule has 0 saturated heterocycles. The lowest BCUT2D eigenvalue weighted by Crippen LogP contribution is -2.25. The normalized spacial score (nSPS) is 10.9. The van der Waals surface area contributed by atoms with Crippen molar-refractivity contribution in [1.29, 1.82) is 0 Å². The highest BCUT2D eigenvalue weighted by atomic mass is 15.1. The summed E-state index contributed by atoms with van der Waals surface area (Å²) in [4.78, 5) is 15.2. The molecule has 0 aliphatic rings. The first-order valence-corrected chi connectivity index (χ1v) is 7.31. The Balaban J connectivity index is 1.86. The molecule has 0 fully saturated rings. The van der Waals surface area contributed by atoms with E-state index in [2.05, 4.69) is 58.2 Å². The Morgan fingerprint density at radius 1 is 1.05 bits per heavy atom. The van der Waals surface area contributed by atoms with Crippen LogP contribution in [0.25, 0.3) is 11.2 Å². The molecule has 0 aliphatic heterocycles. The van der Waals surface area contributed by atoms with Gasteiger partial charge in [0.15, 0.2) is 5.65 Å².